The summed E-state index contributed by atoms with van der Waals surface area (Å²) in [5.41, 5.74) is 1.10. The number of methoxy groups -OCH3 is 1. The molecule has 0 bridgehead atoms. The molecule has 148 valence electrons. The molecule has 0 aliphatic carbocycles. The first-order valence-corrected chi connectivity index (χ1v) is 8.42. The number of anilines is 2. The molecule has 0 radical (unpaired) electrons. The van der Waals surface area contributed by atoms with Crippen LogP contribution >= 0.6 is 0 Å². The minimum atomic E-state index is -0.760. The van der Waals surface area contributed by atoms with E-state index < -0.39 is 17.5 Å². The maximum atomic E-state index is 14.1. The predicted molar refractivity (Wildman–Crippen MR) is 103 cm³/mol. The van der Waals surface area contributed by atoms with Crippen molar-refractivity contribution in [1.29, 1.82) is 0 Å². The van der Waals surface area contributed by atoms with Gasteiger partial charge in [-0.25, -0.2) is 9.37 Å². The van der Waals surface area contributed by atoms with Crippen molar-refractivity contribution in [1.82, 2.24) is 9.97 Å². The smallest absolute Gasteiger partial charge is 0.255 e. The van der Waals surface area contributed by atoms with Gasteiger partial charge in [-0.2, -0.15) is 9.37 Å². The Morgan fingerprint density at radius 1 is 1.03 bits per heavy atom. The van der Waals surface area contributed by atoms with Crippen LogP contribution in [0.2, 0.25) is 0 Å². The van der Waals surface area contributed by atoms with Crippen LogP contribution in [-0.2, 0) is 4.79 Å². The molecular weight excluding hydrogens is 382 g/mol. The van der Waals surface area contributed by atoms with Gasteiger partial charge in [0.1, 0.15) is 5.82 Å². The minimum Gasteiger partial charge on any atom is -0.479 e. The summed E-state index contributed by atoms with van der Waals surface area (Å²) in [6, 6.07) is 10.1. The number of aromatic nitrogens is 2. The van der Waals surface area contributed by atoms with E-state index in [0.29, 0.717) is 11.4 Å². The number of halogens is 2. The zero-order valence-electron chi connectivity index (χ0n) is 15.5. The lowest BCUT2D eigenvalue weighted by molar-refractivity contribution is -0.114. The number of carbonyl (C=O) groups is 2. The third kappa shape index (κ3) is 4.89. The number of carbonyl (C=O) groups excluding carboxylic acids is 2. The molecule has 2 amide bonds. The summed E-state index contributed by atoms with van der Waals surface area (Å²) < 4.78 is 32.4. The lowest BCUT2D eigenvalue weighted by Crippen LogP contribution is -2.13. The average molecular weight is 398 g/mol. The van der Waals surface area contributed by atoms with E-state index in [0.717, 1.165) is 18.3 Å². The summed E-state index contributed by atoms with van der Waals surface area (Å²) in [4.78, 5) is 31.4. The highest BCUT2D eigenvalue weighted by atomic mass is 19.1. The summed E-state index contributed by atoms with van der Waals surface area (Å²) >= 11 is 0. The highest BCUT2D eigenvalue weighted by molar-refractivity contribution is 6.05. The Kier molecular flexibility index (Phi) is 5.77. The van der Waals surface area contributed by atoms with Gasteiger partial charge in [0.05, 0.1) is 13.3 Å². The lowest BCUT2D eigenvalue weighted by Gasteiger charge is -2.09. The van der Waals surface area contributed by atoms with E-state index in [4.69, 9.17) is 4.74 Å². The van der Waals surface area contributed by atoms with E-state index in [9.17, 15) is 18.4 Å². The molecule has 7 nitrogen and oxygen atoms in total. The first-order chi connectivity index (χ1) is 13.9. The first kappa shape index (κ1) is 19.9. The van der Waals surface area contributed by atoms with Crippen LogP contribution in [0, 0.1) is 11.6 Å². The van der Waals surface area contributed by atoms with Crippen LogP contribution in [0.4, 0.5) is 20.2 Å². The van der Waals surface area contributed by atoms with E-state index >= 15 is 0 Å². The summed E-state index contributed by atoms with van der Waals surface area (Å²) in [7, 11) is 1.24. The molecule has 9 heteroatoms. The Balaban J connectivity index is 1.88. The van der Waals surface area contributed by atoms with Gasteiger partial charge < -0.3 is 15.4 Å². The largest absolute Gasteiger partial charge is 0.479 e. The number of rotatable bonds is 5. The van der Waals surface area contributed by atoms with E-state index in [1.807, 2.05) is 0 Å². The first-order valence-electron chi connectivity index (χ1n) is 8.42. The molecule has 2 N–H and O–H groups in total. The molecule has 0 unspecified atom stereocenters. The molecule has 1 aromatic heterocycles. The van der Waals surface area contributed by atoms with Crippen molar-refractivity contribution in [2.45, 2.75) is 6.92 Å². The van der Waals surface area contributed by atoms with Crippen LogP contribution in [0.25, 0.3) is 11.4 Å². The van der Waals surface area contributed by atoms with Crippen LogP contribution < -0.4 is 15.4 Å². The second kappa shape index (κ2) is 8.42. The van der Waals surface area contributed by atoms with Gasteiger partial charge in [0.2, 0.25) is 11.7 Å². The van der Waals surface area contributed by atoms with Gasteiger partial charge in [-0.05, 0) is 36.4 Å². The number of amides is 2. The van der Waals surface area contributed by atoms with E-state index in [1.165, 1.54) is 20.1 Å². The van der Waals surface area contributed by atoms with E-state index in [1.54, 1.807) is 24.3 Å². The number of benzene rings is 2. The quantitative estimate of drug-likeness (QED) is 0.685. The molecule has 0 aliphatic rings. The highest BCUT2D eigenvalue weighted by Gasteiger charge is 2.14. The third-order valence-electron chi connectivity index (χ3n) is 3.76. The van der Waals surface area contributed by atoms with Crippen molar-refractivity contribution in [3.05, 3.63) is 65.9 Å². The summed E-state index contributed by atoms with van der Waals surface area (Å²) in [5, 5.41) is 5.23. The van der Waals surface area contributed by atoms with Gasteiger partial charge in [-0.15, -0.1) is 0 Å². The number of ether oxygens (including phenoxy) is 1. The van der Waals surface area contributed by atoms with Crippen LogP contribution in [0.3, 0.4) is 0 Å². The molecule has 1 heterocycles. The molecule has 3 rings (SSSR count). The molecular formula is C20H16F2N4O3. The third-order valence-corrected chi connectivity index (χ3v) is 3.76. The van der Waals surface area contributed by atoms with Crippen molar-refractivity contribution >= 4 is 23.2 Å². The predicted octanol–water partition coefficient (Wildman–Crippen LogP) is 3.64. The fraction of sp³-hybridized carbons (Fsp3) is 0.100. The Bertz CT molecular complexity index is 1090. The monoisotopic (exact) mass is 398 g/mol. The molecule has 0 spiro atoms. The topological polar surface area (TPSA) is 93.2 Å². The molecule has 29 heavy (non-hydrogen) atoms. The van der Waals surface area contributed by atoms with Gasteiger partial charge >= 0.3 is 0 Å². The second-order valence-corrected chi connectivity index (χ2v) is 6.00. The summed E-state index contributed by atoms with van der Waals surface area (Å²) in [6.45, 7) is 1.37. The lowest BCUT2D eigenvalue weighted by atomic mass is 10.1. The standard InChI is InChI=1S/C20H16F2N4O3/c1-11(27)24-15-4-3-5-16(9-15)25-19(28)13-6-12(7-14(21)8-13)18-23-10-17(22)20(26-18)29-2/h3-10H,1-2H3,(H,24,27)(H,25,28). The van der Waals surface area contributed by atoms with Crippen LogP contribution in [0.5, 0.6) is 5.88 Å². The Labute approximate surface area is 164 Å². The van der Waals surface area contributed by atoms with Gasteiger partial charge in [0.25, 0.3) is 11.8 Å². The summed E-state index contributed by atoms with van der Waals surface area (Å²) in [6.07, 6.45) is 0.902. The molecule has 0 aliphatic heterocycles. The van der Waals surface area contributed by atoms with Gasteiger partial charge in [0.15, 0.2) is 5.82 Å². The van der Waals surface area contributed by atoms with E-state index in [-0.39, 0.29) is 28.7 Å². The number of nitrogens with one attached hydrogen (secondary N) is 2. The summed E-state index contributed by atoms with van der Waals surface area (Å²) in [5.74, 6) is -2.57. The fourth-order valence-electron chi connectivity index (χ4n) is 2.56. The average Bonchev–Trinajstić information content (AvgIpc) is 2.67. The van der Waals surface area contributed by atoms with Crippen molar-refractivity contribution in [3.63, 3.8) is 0 Å². The zero-order valence-corrected chi connectivity index (χ0v) is 15.5. The van der Waals surface area contributed by atoms with Gasteiger partial charge in [-0.3, -0.25) is 9.59 Å². The highest BCUT2D eigenvalue weighted by Crippen LogP contribution is 2.23. The van der Waals surface area contributed by atoms with Crippen LogP contribution in [0.15, 0.2) is 48.7 Å². The Hall–Kier alpha value is -3.88. The maximum absolute atomic E-state index is 14.1. The van der Waals surface area contributed by atoms with Crippen molar-refractivity contribution in [3.8, 4) is 17.3 Å². The molecule has 0 fully saturated rings. The van der Waals surface area contributed by atoms with Crippen LogP contribution in [0.1, 0.15) is 17.3 Å². The molecule has 0 saturated heterocycles. The molecule has 2 aromatic carbocycles. The van der Waals surface area contributed by atoms with Gasteiger partial charge in [0, 0.05) is 29.4 Å². The SMILES string of the molecule is COc1nc(-c2cc(F)cc(C(=O)Nc3cccc(NC(C)=O)c3)c2)ncc1F. The number of hydrogen-bond acceptors (Lipinski definition) is 5. The van der Waals surface area contributed by atoms with Crippen molar-refractivity contribution < 1.29 is 23.1 Å². The zero-order chi connectivity index (χ0) is 21.0. The van der Waals surface area contributed by atoms with E-state index in [2.05, 4.69) is 20.6 Å². The second-order valence-electron chi connectivity index (χ2n) is 6.00. The fourth-order valence-corrected chi connectivity index (χ4v) is 2.56. The normalized spacial score (nSPS) is 10.3. The van der Waals surface area contributed by atoms with Gasteiger partial charge in [-0.1, -0.05) is 6.07 Å². The van der Waals surface area contributed by atoms with Crippen LogP contribution in [-0.4, -0.2) is 28.9 Å². The number of hydrogen-bond donors (Lipinski definition) is 2. The molecule has 3 aromatic rings. The Morgan fingerprint density at radius 3 is 2.45 bits per heavy atom. The molecule has 0 saturated carbocycles. The van der Waals surface area contributed by atoms with Crippen molar-refractivity contribution in [2.24, 2.45) is 0 Å². The maximum Gasteiger partial charge on any atom is 0.255 e. The molecule has 0 atom stereocenters. The van der Waals surface area contributed by atoms with Crippen molar-refractivity contribution in [2.75, 3.05) is 17.7 Å². The number of nitrogens with zero attached hydrogens (tertiary/aromatic N) is 2. The Morgan fingerprint density at radius 2 is 1.76 bits per heavy atom. The minimum absolute atomic E-state index is 0.00413.